The molecular weight excluding hydrogens is 309 g/mol. The molecule has 1 amide bonds. The van der Waals surface area contributed by atoms with Crippen LogP contribution in [0.1, 0.15) is 15.9 Å². The Morgan fingerprint density at radius 3 is 2.58 bits per heavy atom. The van der Waals surface area contributed by atoms with Crippen molar-refractivity contribution >= 4 is 27.5 Å². The Labute approximate surface area is 120 Å². The fourth-order valence-corrected chi connectivity index (χ4v) is 2.16. The summed E-state index contributed by atoms with van der Waals surface area (Å²) in [5.41, 5.74) is 2.33. The Kier molecular flexibility index (Phi) is 4.00. The van der Waals surface area contributed by atoms with Gasteiger partial charge in [0.2, 0.25) is 0 Å². The molecule has 0 unspecified atom stereocenters. The fraction of sp³-hybridized carbons (Fsp3) is 0.133. The maximum absolute atomic E-state index is 13.2. The third-order valence-corrected chi connectivity index (χ3v) is 3.47. The molecule has 2 nitrogen and oxygen atoms in total. The molecule has 98 valence electrons. The van der Waals surface area contributed by atoms with E-state index in [-0.39, 0.29) is 16.2 Å². The molecular formula is C15H13BrFNO. The number of nitrogens with zero attached hydrogens (tertiary/aromatic N) is 1. The molecule has 19 heavy (non-hydrogen) atoms. The second-order valence-corrected chi connectivity index (χ2v) is 5.19. The predicted octanol–water partition coefficient (Wildman–Crippen LogP) is 4.17. The maximum Gasteiger partial charge on any atom is 0.258 e. The Balaban J connectivity index is 2.30. The second kappa shape index (κ2) is 5.53. The summed E-state index contributed by atoms with van der Waals surface area (Å²) in [5, 5.41) is 0. The largest absolute Gasteiger partial charge is 0.311 e. The molecule has 2 aromatic rings. The summed E-state index contributed by atoms with van der Waals surface area (Å²) in [6, 6.07) is 11.9. The number of rotatable bonds is 2. The highest BCUT2D eigenvalue weighted by atomic mass is 79.9. The van der Waals surface area contributed by atoms with Crippen molar-refractivity contribution in [3.05, 3.63) is 63.9 Å². The molecule has 0 aliphatic rings. The highest BCUT2D eigenvalue weighted by Gasteiger charge is 2.14. The summed E-state index contributed by atoms with van der Waals surface area (Å²) in [7, 11) is 1.70. The van der Waals surface area contributed by atoms with Crippen LogP contribution < -0.4 is 4.90 Å². The lowest BCUT2D eigenvalue weighted by Crippen LogP contribution is -2.26. The zero-order valence-corrected chi connectivity index (χ0v) is 12.2. The van der Waals surface area contributed by atoms with Crippen LogP contribution in [0.25, 0.3) is 0 Å². The normalized spacial score (nSPS) is 10.3. The molecule has 2 aromatic carbocycles. The third-order valence-electron chi connectivity index (χ3n) is 2.86. The first-order chi connectivity index (χ1) is 8.99. The molecule has 0 spiro atoms. The van der Waals surface area contributed by atoms with Crippen LogP contribution in [-0.2, 0) is 0 Å². The van der Waals surface area contributed by atoms with Crippen LogP contribution in [0, 0.1) is 12.7 Å². The Hall–Kier alpha value is -1.68. The third kappa shape index (κ3) is 3.01. The predicted molar refractivity (Wildman–Crippen MR) is 78.0 cm³/mol. The summed E-state index contributed by atoms with van der Waals surface area (Å²) >= 11 is 3.09. The summed E-state index contributed by atoms with van der Waals surface area (Å²) < 4.78 is 13.5. The van der Waals surface area contributed by atoms with Crippen molar-refractivity contribution in [3.63, 3.8) is 0 Å². The SMILES string of the molecule is Cc1cccc(N(C)C(=O)c2ccc(F)c(Br)c2)c1. The van der Waals surface area contributed by atoms with E-state index in [0.717, 1.165) is 11.3 Å². The lowest BCUT2D eigenvalue weighted by atomic mass is 10.1. The number of anilines is 1. The minimum Gasteiger partial charge on any atom is -0.311 e. The van der Waals surface area contributed by atoms with Crippen molar-refractivity contribution in [2.45, 2.75) is 6.92 Å². The van der Waals surface area contributed by atoms with E-state index in [2.05, 4.69) is 15.9 Å². The average molecular weight is 322 g/mol. The van der Waals surface area contributed by atoms with E-state index in [1.54, 1.807) is 11.9 Å². The van der Waals surface area contributed by atoms with Gasteiger partial charge >= 0.3 is 0 Å². The van der Waals surface area contributed by atoms with Gasteiger partial charge in [0.25, 0.3) is 5.91 Å². The van der Waals surface area contributed by atoms with Crippen molar-refractivity contribution in [2.75, 3.05) is 11.9 Å². The molecule has 0 radical (unpaired) electrons. The lowest BCUT2D eigenvalue weighted by molar-refractivity contribution is 0.0993. The quantitative estimate of drug-likeness (QED) is 0.812. The molecule has 0 saturated carbocycles. The van der Waals surface area contributed by atoms with Crippen LogP contribution in [-0.4, -0.2) is 13.0 Å². The Morgan fingerprint density at radius 1 is 1.21 bits per heavy atom. The van der Waals surface area contributed by atoms with E-state index >= 15 is 0 Å². The van der Waals surface area contributed by atoms with Crippen molar-refractivity contribution in [1.82, 2.24) is 0 Å². The van der Waals surface area contributed by atoms with Gasteiger partial charge in [-0.25, -0.2) is 4.39 Å². The van der Waals surface area contributed by atoms with Gasteiger partial charge in [0.15, 0.2) is 0 Å². The molecule has 0 aliphatic carbocycles. The van der Waals surface area contributed by atoms with Crippen molar-refractivity contribution in [2.24, 2.45) is 0 Å². The van der Waals surface area contributed by atoms with E-state index in [0.29, 0.717) is 5.56 Å². The highest BCUT2D eigenvalue weighted by Crippen LogP contribution is 2.20. The van der Waals surface area contributed by atoms with Gasteiger partial charge in [0.1, 0.15) is 5.82 Å². The summed E-state index contributed by atoms with van der Waals surface area (Å²) in [5.74, 6) is -0.555. The van der Waals surface area contributed by atoms with Gasteiger partial charge in [-0.1, -0.05) is 12.1 Å². The standard InChI is InChI=1S/C15H13BrFNO/c1-10-4-3-5-12(8-10)18(2)15(19)11-6-7-14(17)13(16)9-11/h3-9H,1-2H3. The first-order valence-electron chi connectivity index (χ1n) is 5.79. The van der Waals surface area contributed by atoms with Crippen molar-refractivity contribution < 1.29 is 9.18 Å². The van der Waals surface area contributed by atoms with Crippen LogP contribution >= 0.6 is 15.9 Å². The topological polar surface area (TPSA) is 20.3 Å². The van der Waals surface area contributed by atoms with E-state index in [1.165, 1.54) is 18.2 Å². The van der Waals surface area contributed by atoms with Crippen LogP contribution in [0.15, 0.2) is 46.9 Å². The second-order valence-electron chi connectivity index (χ2n) is 4.33. The van der Waals surface area contributed by atoms with Crippen LogP contribution in [0.2, 0.25) is 0 Å². The number of hydrogen-bond donors (Lipinski definition) is 0. The molecule has 4 heteroatoms. The molecule has 0 saturated heterocycles. The first-order valence-corrected chi connectivity index (χ1v) is 6.58. The van der Waals surface area contributed by atoms with Crippen molar-refractivity contribution in [3.8, 4) is 0 Å². The van der Waals surface area contributed by atoms with Gasteiger partial charge in [0, 0.05) is 18.3 Å². The fourth-order valence-electron chi connectivity index (χ4n) is 1.78. The Morgan fingerprint density at radius 2 is 1.95 bits per heavy atom. The summed E-state index contributed by atoms with van der Waals surface area (Å²) in [6.07, 6.45) is 0. The molecule has 0 aliphatic heterocycles. The van der Waals surface area contributed by atoms with Gasteiger partial charge in [-0.15, -0.1) is 0 Å². The molecule has 0 aromatic heterocycles. The number of amides is 1. The summed E-state index contributed by atoms with van der Waals surface area (Å²) in [6.45, 7) is 1.97. The number of aryl methyl sites for hydroxylation is 1. The van der Waals surface area contributed by atoms with Crippen LogP contribution in [0.5, 0.6) is 0 Å². The molecule has 0 fully saturated rings. The van der Waals surface area contributed by atoms with E-state index in [1.807, 2.05) is 31.2 Å². The Bertz CT molecular complexity index is 627. The zero-order chi connectivity index (χ0) is 14.0. The zero-order valence-electron chi connectivity index (χ0n) is 10.7. The average Bonchev–Trinajstić information content (AvgIpc) is 2.40. The van der Waals surface area contributed by atoms with E-state index in [9.17, 15) is 9.18 Å². The minimum atomic E-state index is -0.380. The number of carbonyl (C=O) groups excluding carboxylic acids is 1. The molecule has 0 bridgehead atoms. The highest BCUT2D eigenvalue weighted by molar-refractivity contribution is 9.10. The van der Waals surface area contributed by atoms with Gasteiger partial charge in [-0.2, -0.15) is 0 Å². The van der Waals surface area contributed by atoms with Crippen molar-refractivity contribution in [1.29, 1.82) is 0 Å². The van der Waals surface area contributed by atoms with E-state index in [4.69, 9.17) is 0 Å². The first kappa shape index (κ1) is 13.7. The smallest absolute Gasteiger partial charge is 0.258 e. The van der Waals surface area contributed by atoms with Gasteiger partial charge in [-0.3, -0.25) is 4.79 Å². The monoisotopic (exact) mass is 321 g/mol. The van der Waals surface area contributed by atoms with E-state index < -0.39 is 0 Å². The maximum atomic E-state index is 13.2. The van der Waals surface area contributed by atoms with Gasteiger partial charge in [-0.05, 0) is 58.7 Å². The van der Waals surface area contributed by atoms with Crippen LogP contribution in [0.3, 0.4) is 0 Å². The molecule has 2 rings (SSSR count). The molecule has 0 heterocycles. The minimum absolute atomic E-state index is 0.175. The number of carbonyl (C=O) groups is 1. The molecule has 0 N–H and O–H groups in total. The summed E-state index contributed by atoms with van der Waals surface area (Å²) in [4.78, 5) is 13.9. The van der Waals surface area contributed by atoms with Gasteiger partial charge in [0.05, 0.1) is 4.47 Å². The van der Waals surface area contributed by atoms with Crippen LogP contribution in [0.4, 0.5) is 10.1 Å². The molecule has 0 atom stereocenters. The number of benzene rings is 2. The lowest BCUT2D eigenvalue weighted by Gasteiger charge is -2.18. The van der Waals surface area contributed by atoms with Gasteiger partial charge < -0.3 is 4.90 Å². The number of hydrogen-bond acceptors (Lipinski definition) is 1. The number of halogens is 2.